The Kier molecular flexibility index (Phi) is 5.72. The van der Waals surface area contributed by atoms with Crippen molar-refractivity contribution in [2.75, 3.05) is 16.8 Å². The van der Waals surface area contributed by atoms with E-state index in [2.05, 4.69) is 15.7 Å². The molecule has 0 saturated carbocycles. The lowest BCUT2D eigenvalue weighted by Crippen LogP contribution is -2.41. The van der Waals surface area contributed by atoms with Gasteiger partial charge in [0, 0.05) is 19.8 Å². The largest absolute Gasteiger partial charge is 0.340 e. The minimum atomic E-state index is -0.696. The first-order chi connectivity index (χ1) is 15.3. The Morgan fingerprint density at radius 1 is 1.09 bits per heavy atom. The number of aryl methyl sites for hydroxylation is 2. The lowest BCUT2D eigenvalue weighted by Gasteiger charge is -2.17. The summed E-state index contributed by atoms with van der Waals surface area (Å²) in [5, 5.41) is 9.48. The van der Waals surface area contributed by atoms with Gasteiger partial charge >= 0.3 is 0 Å². The average molecular weight is 435 g/mol. The van der Waals surface area contributed by atoms with E-state index in [1.54, 1.807) is 60.2 Å². The second-order valence-electron chi connectivity index (χ2n) is 7.61. The van der Waals surface area contributed by atoms with E-state index in [1.807, 2.05) is 0 Å². The smallest absolute Gasteiger partial charge is 0.258 e. The molecule has 1 aliphatic rings. The van der Waals surface area contributed by atoms with E-state index < -0.39 is 23.7 Å². The number of halogens is 1. The number of aromatic nitrogens is 2. The molecule has 2 heterocycles. The van der Waals surface area contributed by atoms with E-state index in [9.17, 15) is 18.8 Å². The fourth-order valence-electron chi connectivity index (χ4n) is 3.70. The summed E-state index contributed by atoms with van der Waals surface area (Å²) in [5.41, 5.74) is 1.65. The lowest BCUT2D eigenvalue weighted by molar-refractivity contribution is -0.118. The number of nitrogens with one attached hydrogen (secondary N) is 2. The average Bonchev–Trinajstić information content (AvgIpc) is 3.35. The Morgan fingerprint density at radius 2 is 1.84 bits per heavy atom. The Balaban J connectivity index is 1.52. The summed E-state index contributed by atoms with van der Waals surface area (Å²) in [7, 11) is 1.76. The van der Waals surface area contributed by atoms with Gasteiger partial charge in [0.25, 0.3) is 11.8 Å². The van der Waals surface area contributed by atoms with Crippen molar-refractivity contribution in [3.63, 3.8) is 0 Å². The highest BCUT2D eigenvalue weighted by molar-refractivity contribution is 6.11. The van der Waals surface area contributed by atoms with E-state index in [1.165, 1.54) is 18.2 Å². The van der Waals surface area contributed by atoms with Gasteiger partial charge in [-0.05, 0) is 37.1 Å². The van der Waals surface area contributed by atoms with Gasteiger partial charge in [-0.2, -0.15) is 5.10 Å². The molecule has 1 aliphatic heterocycles. The summed E-state index contributed by atoms with van der Waals surface area (Å²) >= 11 is 0. The topological polar surface area (TPSA) is 96.3 Å². The summed E-state index contributed by atoms with van der Waals surface area (Å²) in [6.45, 7) is 2.19. The van der Waals surface area contributed by atoms with Crippen molar-refractivity contribution in [3.8, 4) is 0 Å². The predicted octanol–water partition coefficient (Wildman–Crippen LogP) is 2.66. The molecule has 1 saturated heterocycles. The Bertz CT molecular complexity index is 1210. The van der Waals surface area contributed by atoms with Crippen molar-refractivity contribution in [3.05, 3.63) is 77.4 Å². The molecule has 2 N–H and O–H groups in total. The predicted molar refractivity (Wildman–Crippen MR) is 117 cm³/mol. The van der Waals surface area contributed by atoms with Crippen LogP contribution in [-0.4, -0.2) is 40.1 Å². The zero-order valence-electron chi connectivity index (χ0n) is 17.6. The number of amides is 3. The summed E-state index contributed by atoms with van der Waals surface area (Å²) < 4.78 is 15.6. The fraction of sp³-hybridized carbons (Fsp3) is 0.217. The van der Waals surface area contributed by atoms with Gasteiger partial charge < -0.3 is 15.5 Å². The van der Waals surface area contributed by atoms with E-state index in [0.29, 0.717) is 24.2 Å². The molecule has 32 heavy (non-hydrogen) atoms. The zero-order valence-corrected chi connectivity index (χ0v) is 17.6. The SMILES string of the molecule is Cc1cccc(C(=O)NC2CCN(c3cnn(C)c3)C2=O)c1NC(=O)c1ccccc1F. The van der Waals surface area contributed by atoms with Gasteiger partial charge in [0.1, 0.15) is 11.9 Å². The van der Waals surface area contributed by atoms with Gasteiger partial charge in [0.15, 0.2) is 0 Å². The third-order valence-corrected chi connectivity index (χ3v) is 5.39. The summed E-state index contributed by atoms with van der Waals surface area (Å²) in [4.78, 5) is 40.0. The van der Waals surface area contributed by atoms with Crippen molar-refractivity contribution in [2.45, 2.75) is 19.4 Å². The molecular weight excluding hydrogens is 413 g/mol. The molecule has 3 aromatic rings. The highest BCUT2D eigenvalue weighted by Crippen LogP contribution is 2.24. The van der Waals surface area contributed by atoms with Crippen LogP contribution >= 0.6 is 0 Å². The fourth-order valence-corrected chi connectivity index (χ4v) is 3.70. The van der Waals surface area contributed by atoms with Crippen LogP contribution in [0, 0.1) is 12.7 Å². The van der Waals surface area contributed by atoms with Gasteiger partial charge in [-0.15, -0.1) is 0 Å². The van der Waals surface area contributed by atoms with Gasteiger partial charge in [-0.1, -0.05) is 24.3 Å². The summed E-state index contributed by atoms with van der Waals surface area (Å²) in [5.74, 6) is -2.04. The normalized spacial score (nSPS) is 15.7. The number of para-hydroxylation sites is 1. The molecule has 1 atom stereocenters. The number of carbonyl (C=O) groups excluding carboxylic acids is 3. The van der Waals surface area contributed by atoms with Gasteiger partial charge in [0.05, 0.1) is 28.7 Å². The van der Waals surface area contributed by atoms with Crippen molar-refractivity contribution < 1.29 is 18.8 Å². The van der Waals surface area contributed by atoms with Crippen LogP contribution in [0.4, 0.5) is 15.8 Å². The van der Waals surface area contributed by atoms with Crippen LogP contribution in [0.15, 0.2) is 54.9 Å². The maximum Gasteiger partial charge on any atom is 0.258 e. The van der Waals surface area contributed by atoms with Crippen molar-refractivity contribution >= 4 is 29.1 Å². The molecule has 0 radical (unpaired) electrons. The van der Waals surface area contributed by atoms with Crippen molar-refractivity contribution in [1.29, 1.82) is 0 Å². The molecule has 0 aliphatic carbocycles. The molecule has 164 valence electrons. The Labute approximate surface area is 184 Å². The number of hydrogen-bond donors (Lipinski definition) is 2. The number of benzene rings is 2. The van der Waals surface area contributed by atoms with E-state index in [-0.39, 0.29) is 22.7 Å². The quantitative estimate of drug-likeness (QED) is 0.644. The van der Waals surface area contributed by atoms with Crippen LogP contribution in [0.5, 0.6) is 0 Å². The first-order valence-electron chi connectivity index (χ1n) is 10.1. The van der Waals surface area contributed by atoms with E-state index in [4.69, 9.17) is 0 Å². The molecule has 0 bridgehead atoms. The van der Waals surface area contributed by atoms with Crippen LogP contribution in [0.25, 0.3) is 0 Å². The van der Waals surface area contributed by atoms with Crippen LogP contribution in [0.2, 0.25) is 0 Å². The highest BCUT2D eigenvalue weighted by Gasteiger charge is 2.34. The monoisotopic (exact) mass is 435 g/mol. The second kappa shape index (κ2) is 8.62. The lowest BCUT2D eigenvalue weighted by atomic mass is 10.1. The number of hydrogen-bond acceptors (Lipinski definition) is 4. The van der Waals surface area contributed by atoms with Crippen molar-refractivity contribution in [2.24, 2.45) is 7.05 Å². The Hall–Kier alpha value is -4.01. The first-order valence-corrected chi connectivity index (χ1v) is 10.1. The molecule has 3 amide bonds. The third kappa shape index (κ3) is 4.09. The van der Waals surface area contributed by atoms with Gasteiger partial charge in [-0.25, -0.2) is 4.39 Å². The number of rotatable bonds is 5. The minimum Gasteiger partial charge on any atom is -0.340 e. The minimum absolute atomic E-state index is 0.125. The summed E-state index contributed by atoms with van der Waals surface area (Å²) in [6.07, 6.45) is 3.78. The maximum atomic E-state index is 14.0. The van der Waals surface area contributed by atoms with Crippen LogP contribution in [-0.2, 0) is 11.8 Å². The Morgan fingerprint density at radius 3 is 2.56 bits per heavy atom. The number of carbonyl (C=O) groups is 3. The molecule has 2 aromatic carbocycles. The van der Waals surface area contributed by atoms with Crippen LogP contribution in [0.3, 0.4) is 0 Å². The molecular formula is C23H22FN5O3. The number of nitrogens with zero attached hydrogens (tertiary/aromatic N) is 3. The second-order valence-corrected chi connectivity index (χ2v) is 7.61. The molecule has 1 aromatic heterocycles. The summed E-state index contributed by atoms with van der Waals surface area (Å²) in [6, 6.07) is 9.89. The zero-order chi connectivity index (χ0) is 22.8. The molecule has 8 nitrogen and oxygen atoms in total. The molecule has 0 spiro atoms. The van der Waals surface area contributed by atoms with Gasteiger partial charge in [0.2, 0.25) is 5.91 Å². The molecule has 4 rings (SSSR count). The maximum absolute atomic E-state index is 14.0. The number of anilines is 2. The highest BCUT2D eigenvalue weighted by atomic mass is 19.1. The van der Waals surface area contributed by atoms with Gasteiger partial charge in [-0.3, -0.25) is 19.1 Å². The van der Waals surface area contributed by atoms with Crippen LogP contribution < -0.4 is 15.5 Å². The standard InChI is InChI=1S/C23H22FN5O3/c1-14-6-5-8-17(20(14)27-21(30)16-7-3-4-9-18(16)24)22(31)26-19-10-11-29(23(19)32)15-12-25-28(2)13-15/h3-9,12-13,19H,10-11H2,1-2H3,(H,26,31)(H,27,30). The molecule has 9 heteroatoms. The van der Waals surface area contributed by atoms with Crippen LogP contribution in [0.1, 0.15) is 32.7 Å². The van der Waals surface area contributed by atoms with E-state index in [0.717, 1.165) is 0 Å². The van der Waals surface area contributed by atoms with E-state index >= 15 is 0 Å². The molecule has 1 fully saturated rings. The first kappa shape index (κ1) is 21.2. The van der Waals surface area contributed by atoms with Crippen molar-refractivity contribution in [1.82, 2.24) is 15.1 Å². The molecule has 1 unspecified atom stereocenters. The third-order valence-electron chi connectivity index (χ3n) is 5.39.